The highest BCUT2D eigenvalue weighted by Crippen LogP contribution is 2.22. The van der Waals surface area contributed by atoms with Gasteiger partial charge in [0.1, 0.15) is 0 Å². The second kappa shape index (κ2) is 7.07. The van der Waals surface area contributed by atoms with Gasteiger partial charge in [0.05, 0.1) is 16.7 Å². The minimum Gasteiger partial charge on any atom is -0.383 e. The highest BCUT2D eigenvalue weighted by molar-refractivity contribution is 6.42. The number of benzene rings is 1. The Morgan fingerprint density at radius 2 is 2.00 bits per heavy atom. The van der Waals surface area contributed by atoms with Crippen molar-refractivity contribution in [2.45, 2.75) is 6.42 Å². The Kier molecular flexibility index (Phi) is 6.03. The van der Waals surface area contributed by atoms with Gasteiger partial charge in [-0.25, -0.2) is 0 Å². The second-order valence-corrected chi connectivity index (χ2v) is 4.06. The number of rotatable bonds is 6. The van der Waals surface area contributed by atoms with Gasteiger partial charge in [-0.15, -0.1) is 0 Å². The van der Waals surface area contributed by atoms with E-state index in [9.17, 15) is 0 Å². The monoisotopic (exact) mass is 247 g/mol. The first kappa shape index (κ1) is 12.8. The molecule has 0 amide bonds. The van der Waals surface area contributed by atoms with Crippen LogP contribution in [0, 0.1) is 0 Å². The zero-order valence-electron chi connectivity index (χ0n) is 8.72. The lowest BCUT2D eigenvalue weighted by Crippen LogP contribution is -2.21. The Balaban J connectivity index is 2.28. The minimum atomic E-state index is 0.604. The molecule has 0 heterocycles. The summed E-state index contributed by atoms with van der Waals surface area (Å²) < 4.78 is 4.93. The van der Waals surface area contributed by atoms with Gasteiger partial charge in [0.25, 0.3) is 0 Å². The molecular weight excluding hydrogens is 233 g/mol. The van der Waals surface area contributed by atoms with Gasteiger partial charge in [0, 0.05) is 13.7 Å². The topological polar surface area (TPSA) is 21.3 Å². The molecule has 1 aromatic carbocycles. The molecule has 0 saturated carbocycles. The summed E-state index contributed by atoms with van der Waals surface area (Å²) in [5, 5.41) is 4.49. The van der Waals surface area contributed by atoms with Crippen LogP contribution in [0.15, 0.2) is 18.2 Å². The Labute approximate surface area is 101 Å². The molecule has 0 spiro atoms. The number of hydrogen-bond acceptors (Lipinski definition) is 2. The third kappa shape index (κ3) is 4.85. The number of methoxy groups -OCH3 is 1. The van der Waals surface area contributed by atoms with Crippen molar-refractivity contribution in [2.24, 2.45) is 0 Å². The predicted octanol–water partition coefficient (Wildman–Crippen LogP) is 2.77. The van der Waals surface area contributed by atoms with E-state index in [4.69, 9.17) is 27.9 Å². The predicted molar refractivity (Wildman–Crippen MR) is 64.9 cm³/mol. The average molecular weight is 248 g/mol. The van der Waals surface area contributed by atoms with Crippen LogP contribution in [0.1, 0.15) is 5.56 Å². The maximum Gasteiger partial charge on any atom is 0.0595 e. The zero-order valence-corrected chi connectivity index (χ0v) is 10.2. The van der Waals surface area contributed by atoms with Crippen LogP contribution in [-0.2, 0) is 11.2 Å². The molecule has 1 N–H and O–H groups in total. The average Bonchev–Trinajstić information content (AvgIpc) is 2.23. The van der Waals surface area contributed by atoms with Gasteiger partial charge in [0.2, 0.25) is 0 Å². The third-order valence-electron chi connectivity index (χ3n) is 2.06. The van der Waals surface area contributed by atoms with E-state index in [2.05, 4.69) is 5.32 Å². The summed E-state index contributed by atoms with van der Waals surface area (Å²) >= 11 is 11.7. The molecule has 0 aromatic heterocycles. The van der Waals surface area contributed by atoms with E-state index in [0.717, 1.165) is 26.1 Å². The molecule has 0 saturated heterocycles. The van der Waals surface area contributed by atoms with Gasteiger partial charge < -0.3 is 10.1 Å². The van der Waals surface area contributed by atoms with Crippen LogP contribution in [0.5, 0.6) is 0 Å². The Morgan fingerprint density at radius 1 is 1.20 bits per heavy atom. The fraction of sp³-hybridized carbons (Fsp3) is 0.455. The molecule has 0 aliphatic heterocycles. The standard InChI is InChI=1S/C11H15Cl2NO/c1-15-7-6-14-5-4-9-2-3-10(12)11(13)8-9/h2-3,8,14H,4-7H2,1H3. The van der Waals surface area contributed by atoms with Gasteiger partial charge in [-0.3, -0.25) is 0 Å². The summed E-state index contributed by atoms with van der Waals surface area (Å²) in [5.74, 6) is 0. The largest absolute Gasteiger partial charge is 0.383 e. The molecule has 15 heavy (non-hydrogen) atoms. The molecule has 0 aliphatic rings. The summed E-state index contributed by atoms with van der Waals surface area (Å²) in [6, 6.07) is 5.72. The Hall–Kier alpha value is -0.280. The zero-order chi connectivity index (χ0) is 11.1. The third-order valence-corrected chi connectivity index (χ3v) is 2.80. The fourth-order valence-electron chi connectivity index (χ4n) is 1.23. The lowest BCUT2D eigenvalue weighted by Gasteiger charge is -2.05. The van der Waals surface area contributed by atoms with Crippen molar-refractivity contribution in [2.75, 3.05) is 26.8 Å². The number of halogens is 2. The van der Waals surface area contributed by atoms with Crippen molar-refractivity contribution in [3.8, 4) is 0 Å². The van der Waals surface area contributed by atoms with Crippen molar-refractivity contribution in [1.82, 2.24) is 5.32 Å². The smallest absolute Gasteiger partial charge is 0.0595 e. The molecule has 1 aromatic rings. The van der Waals surface area contributed by atoms with Gasteiger partial charge in [0.15, 0.2) is 0 Å². The lowest BCUT2D eigenvalue weighted by atomic mass is 10.1. The fourth-order valence-corrected chi connectivity index (χ4v) is 1.55. The first-order chi connectivity index (χ1) is 7.24. The Bertz CT molecular complexity index is 305. The Morgan fingerprint density at radius 3 is 2.67 bits per heavy atom. The van der Waals surface area contributed by atoms with E-state index < -0.39 is 0 Å². The van der Waals surface area contributed by atoms with E-state index in [-0.39, 0.29) is 0 Å². The molecule has 1 rings (SSSR count). The van der Waals surface area contributed by atoms with E-state index in [1.165, 1.54) is 5.56 Å². The maximum atomic E-state index is 5.90. The van der Waals surface area contributed by atoms with E-state index in [1.807, 2.05) is 18.2 Å². The summed E-state index contributed by atoms with van der Waals surface area (Å²) in [4.78, 5) is 0. The minimum absolute atomic E-state index is 0.604. The normalized spacial score (nSPS) is 10.6. The van der Waals surface area contributed by atoms with Crippen molar-refractivity contribution in [1.29, 1.82) is 0 Å². The summed E-state index contributed by atoms with van der Waals surface area (Å²) in [6.45, 7) is 2.53. The van der Waals surface area contributed by atoms with Gasteiger partial charge in [-0.05, 0) is 30.7 Å². The SMILES string of the molecule is COCCNCCc1ccc(Cl)c(Cl)c1. The molecular formula is C11H15Cl2NO. The molecule has 0 bridgehead atoms. The van der Waals surface area contributed by atoms with Crippen molar-refractivity contribution in [3.63, 3.8) is 0 Å². The number of nitrogens with one attached hydrogen (secondary N) is 1. The van der Waals surface area contributed by atoms with Crippen molar-refractivity contribution in [3.05, 3.63) is 33.8 Å². The number of ether oxygens (including phenoxy) is 1. The first-order valence-corrected chi connectivity index (χ1v) is 5.63. The van der Waals surface area contributed by atoms with Crippen molar-refractivity contribution >= 4 is 23.2 Å². The molecule has 84 valence electrons. The summed E-state index contributed by atoms with van der Waals surface area (Å²) in [5.41, 5.74) is 1.19. The molecule has 0 radical (unpaired) electrons. The quantitative estimate of drug-likeness (QED) is 0.781. The molecule has 0 atom stereocenters. The van der Waals surface area contributed by atoms with Crippen LogP contribution in [0.2, 0.25) is 10.0 Å². The molecule has 2 nitrogen and oxygen atoms in total. The van der Waals surface area contributed by atoms with Crippen LogP contribution < -0.4 is 5.32 Å². The highest BCUT2D eigenvalue weighted by atomic mass is 35.5. The lowest BCUT2D eigenvalue weighted by molar-refractivity contribution is 0.199. The molecule has 0 aliphatic carbocycles. The van der Waals surface area contributed by atoms with E-state index in [1.54, 1.807) is 7.11 Å². The van der Waals surface area contributed by atoms with Crippen LogP contribution >= 0.6 is 23.2 Å². The van der Waals surface area contributed by atoms with Crippen molar-refractivity contribution < 1.29 is 4.74 Å². The van der Waals surface area contributed by atoms with Gasteiger partial charge in [-0.2, -0.15) is 0 Å². The summed E-state index contributed by atoms with van der Waals surface area (Å²) in [6.07, 6.45) is 0.945. The van der Waals surface area contributed by atoms with E-state index >= 15 is 0 Å². The van der Waals surface area contributed by atoms with E-state index in [0.29, 0.717) is 10.0 Å². The summed E-state index contributed by atoms with van der Waals surface area (Å²) in [7, 11) is 1.70. The second-order valence-electron chi connectivity index (χ2n) is 3.24. The molecule has 0 fully saturated rings. The highest BCUT2D eigenvalue weighted by Gasteiger charge is 1.98. The maximum absolute atomic E-state index is 5.90. The van der Waals surface area contributed by atoms with Crippen LogP contribution in [0.25, 0.3) is 0 Å². The molecule has 0 unspecified atom stereocenters. The van der Waals surface area contributed by atoms with Gasteiger partial charge >= 0.3 is 0 Å². The molecule has 4 heteroatoms. The van der Waals surface area contributed by atoms with Crippen LogP contribution in [0.4, 0.5) is 0 Å². The first-order valence-electron chi connectivity index (χ1n) is 4.87. The number of hydrogen-bond donors (Lipinski definition) is 1. The van der Waals surface area contributed by atoms with Crippen LogP contribution in [-0.4, -0.2) is 26.8 Å². The van der Waals surface area contributed by atoms with Gasteiger partial charge in [-0.1, -0.05) is 29.3 Å². The van der Waals surface area contributed by atoms with Crippen LogP contribution in [0.3, 0.4) is 0 Å².